The first-order chi connectivity index (χ1) is 8.67. The van der Waals surface area contributed by atoms with Gasteiger partial charge in [-0.15, -0.1) is 0 Å². The Balaban J connectivity index is 4.31. The summed E-state index contributed by atoms with van der Waals surface area (Å²) in [6.07, 6.45) is -3.10. The average Bonchev–Trinajstić information content (AvgIpc) is 2.25. The number of halogens is 3. The monoisotopic (exact) mass is 284 g/mol. The molecular weight excluding hydrogens is 261 g/mol. The molecule has 0 aromatic heterocycles. The second-order valence-electron chi connectivity index (χ2n) is 4.73. The van der Waals surface area contributed by atoms with Gasteiger partial charge in [-0.3, -0.25) is 9.69 Å². The van der Waals surface area contributed by atoms with Crippen LogP contribution >= 0.6 is 0 Å². The molecule has 4 nitrogen and oxygen atoms in total. The van der Waals surface area contributed by atoms with Crippen molar-refractivity contribution in [3.8, 4) is 0 Å². The lowest BCUT2D eigenvalue weighted by atomic mass is 9.90. The van der Waals surface area contributed by atoms with E-state index in [2.05, 4.69) is 5.32 Å². The summed E-state index contributed by atoms with van der Waals surface area (Å²) in [4.78, 5) is 12.5. The van der Waals surface area contributed by atoms with Crippen LogP contribution in [0.5, 0.6) is 0 Å². The van der Waals surface area contributed by atoms with Gasteiger partial charge in [0.2, 0.25) is 0 Å². The minimum Gasteiger partial charge on any atom is -0.480 e. The highest BCUT2D eigenvalue weighted by Crippen LogP contribution is 2.20. The number of hydrogen-bond donors (Lipinski definition) is 2. The third-order valence-corrected chi connectivity index (χ3v) is 3.12. The maximum absolute atomic E-state index is 12.1. The van der Waals surface area contributed by atoms with Gasteiger partial charge in [0.05, 0.1) is 6.54 Å². The number of aliphatic carboxylic acids is 1. The minimum absolute atomic E-state index is 0.222. The number of rotatable bonds is 9. The van der Waals surface area contributed by atoms with Gasteiger partial charge in [-0.25, -0.2) is 0 Å². The lowest BCUT2D eigenvalue weighted by molar-refractivity contribution is -0.147. The fourth-order valence-corrected chi connectivity index (χ4v) is 2.10. The SMILES string of the molecule is CCNC(CC)(CCCN(C)CC(F)(F)F)C(=O)O. The molecule has 2 N–H and O–H groups in total. The van der Waals surface area contributed by atoms with E-state index in [0.717, 1.165) is 4.90 Å². The molecule has 1 atom stereocenters. The quantitative estimate of drug-likeness (QED) is 0.681. The molecule has 19 heavy (non-hydrogen) atoms. The summed E-state index contributed by atoms with van der Waals surface area (Å²) >= 11 is 0. The Morgan fingerprint density at radius 2 is 1.89 bits per heavy atom. The summed E-state index contributed by atoms with van der Waals surface area (Å²) < 4.78 is 36.4. The van der Waals surface area contributed by atoms with Crippen molar-refractivity contribution in [1.29, 1.82) is 0 Å². The predicted octanol–water partition coefficient (Wildman–Crippen LogP) is 2.10. The van der Waals surface area contributed by atoms with Crippen molar-refractivity contribution >= 4 is 5.97 Å². The minimum atomic E-state index is -4.22. The second kappa shape index (κ2) is 7.69. The standard InChI is InChI=1S/C12H23F3N2O2/c1-4-11(10(18)19,16-5-2)7-6-8-17(3)9-12(13,14)15/h16H,4-9H2,1-3H3,(H,18,19). The summed E-state index contributed by atoms with van der Waals surface area (Å²) in [7, 11) is 1.38. The Morgan fingerprint density at radius 1 is 1.32 bits per heavy atom. The van der Waals surface area contributed by atoms with Crippen LogP contribution in [0.2, 0.25) is 0 Å². The van der Waals surface area contributed by atoms with E-state index in [0.29, 0.717) is 25.8 Å². The van der Waals surface area contributed by atoms with Gasteiger partial charge in [0.15, 0.2) is 0 Å². The van der Waals surface area contributed by atoms with E-state index in [1.165, 1.54) is 7.05 Å². The number of carbonyl (C=O) groups is 1. The molecule has 0 aromatic rings. The Bertz CT molecular complexity index is 285. The van der Waals surface area contributed by atoms with Crippen molar-refractivity contribution < 1.29 is 23.1 Å². The number of nitrogens with one attached hydrogen (secondary N) is 1. The van der Waals surface area contributed by atoms with Gasteiger partial charge in [-0.1, -0.05) is 13.8 Å². The largest absolute Gasteiger partial charge is 0.480 e. The molecule has 7 heteroatoms. The zero-order chi connectivity index (χ0) is 15.1. The van der Waals surface area contributed by atoms with Gasteiger partial charge >= 0.3 is 12.1 Å². The zero-order valence-electron chi connectivity index (χ0n) is 11.7. The van der Waals surface area contributed by atoms with Gasteiger partial charge in [-0.05, 0) is 39.4 Å². The van der Waals surface area contributed by atoms with Gasteiger partial charge in [-0.2, -0.15) is 13.2 Å². The molecule has 0 aliphatic carbocycles. The topological polar surface area (TPSA) is 52.6 Å². The van der Waals surface area contributed by atoms with E-state index in [-0.39, 0.29) is 6.54 Å². The molecule has 0 saturated carbocycles. The number of alkyl halides is 3. The van der Waals surface area contributed by atoms with Crippen LogP contribution in [0.1, 0.15) is 33.1 Å². The molecule has 0 aliphatic rings. The summed E-state index contributed by atoms with van der Waals surface area (Å²) in [5.74, 6) is -0.949. The van der Waals surface area contributed by atoms with E-state index >= 15 is 0 Å². The number of nitrogens with zero attached hydrogens (tertiary/aromatic N) is 1. The van der Waals surface area contributed by atoms with E-state index < -0.39 is 24.2 Å². The summed E-state index contributed by atoms with van der Waals surface area (Å²) in [6.45, 7) is 3.33. The number of carboxylic acid groups (broad SMARTS) is 1. The molecule has 0 rings (SSSR count). The van der Waals surface area contributed by atoms with Gasteiger partial charge in [0.1, 0.15) is 5.54 Å². The van der Waals surface area contributed by atoms with Crippen molar-refractivity contribution in [3.63, 3.8) is 0 Å². The van der Waals surface area contributed by atoms with Crippen LogP contribution in [0, 0.1) is 0 Å². The summed E-state index contributed by atoms with van der Waals surface area (Å²) in [5.41, 5.74) is -1.03. The fourth-order valence-electron chi connectivity index (χ4n) is 2.10. The van der Waals surface area contributed by atoms with Crippen LogP contribution in [0.3, 0.4) is 0 Å². The highest BCUT2D eigenvalue weighted by Gasteiger charge is 2.35. The number of carboxylic acids is 1. The predicted molar refractivity (Wildman–Crippen MR) is 67.1 cm³/mol. The molecule has 1 unspecified atom stereocenters. The van der Waals surface area contributed by atoms with E-state index in [4.69, 9.17) is 0 Å². The van der Waals surface area contributed by atoms with E-state index in [1.54, 1.807) is 6.92 Å². The smallest absolute Gasteiger partial charge is 0.401 e. The van der Waals surface area contributed by atoms with Crippen molar-refractivity contribution in [2.24, 2.45) is 0 Å². The van der Waals surface area contributed by atoms with Gasteiger partial charge < -0.3 is 10.4 Å². The molecule has 0 bridgehead atoms. The molecule has 0 amide bonds. The third kappa shape index (κ3) is 6.77. The maximum Gasteiger partial charge on any atom is 0.401 e. The zero-order valence-corrected chi connectivity index (χ0v) is 11.7. The molecule has 0 spiro atoms. The maximum atomic E-state index is 12.1. The number of hydrogen-bond acceptors (Lipinski definition) is 3. The van der Waals surface area contributed by atoms with Crippen LogP contribution in [0.4, 0.5) is 13.2 Å². The van der Waals surface area contributed by atoms with Crippen molar-refractivity contribution in [3.05, 3.63) is 0 Å². The van der Waals surface area contributed by atoms with Crippen LogP contribution in [-0.2, 0) is 4.79 Å². The van der Waals surface area contributed by atoms with Crippen LogP contribution in [0.15, 0.2) is 0 Å². The molecule has 114 valence electrons. The molecular formula is C12H23F3N2O2. The average molecular weight is 284 g/mol. The first-order valence-electron chi connectivity index (χ1n) is 6.40. The molecule has 0 saturated heterocycles. The van der Waals surface area contributed by atoms with E-state index in [1.807, 2.05) is 6.92 Å². The van der Waals surface area contributed by atoms with Crippen molar-refractivity contribution in [1.82, 2.24) is 10.2 Å². The Morgan fingerprint density at radius 3 is 2.26 bits per heavy atom. The van der Waals surface area contributed by atoms with Crippen LogP contribution in [0.25, 0.3) is 0 Å². The fraction of sp³-hybridized carbons (Fsp3) is 0.917. The van der Waals surface area contributed by atoms with Gasteiger partial charge in [0.25, 0.3) is 0 Å². The third-order valence-electron chi connectivity index (χ3n) is 3.12. The van der Waals surface area contributed by atoms with Crippen molar-refractivity contribution in [2.45, 2.75) is 44.8 Å². The normalized spacial score (nSPS) is 15.5. The van der Waals surface area contributed by atoms with Crippen LogP contribution < -0.4 is 5.32 Å². The molecule has 0 aromatic carbocycles. The first kappa shape index (κ1) is 18.2. The van der Waals surface area contributed by atoms with Crippen molar-refractivity contribution in [2.75, 3.05) is 26.7 Å². The molecule has 0 fully saturated rings. The Kier molecular flexibility index (Phi) is 7.36. The Labute approximate surface area is 112 Å². The molecule has 0 radical (unpaired) electrons. The first-order valence-corrected chi connectivity index (χ1v) is 6.40. The van der Waals surface area contributed by atoms with E-state index in [9.17, 15) is 23.1 Å². The second-order valence-corrected chi connectivity index (χ2v) is 4.73. The molecule has 0 heterocycles. The highest BCUT2D eigenvalue weighted by atomic mass is 19.4. The lowest BCUT2D eigenvalue weighted by Crippen LogP contribution is -2.52. The summed E-state index contributed by atoms with van der Waals surface area (Å²) in [6, 6.07) is 0. The van der Waals surface area contributed by atoms with Crippen LogP contribution in [-0.4, -0.2) is 54.4 Å². The van der Waals surface area contributed by atoms with Gasteiger partial charge in [0, 0.05) is 0 Å². The lowest BCUT2D eigenvalue weighted by Gasteiger charge is -2.30. The number of likely N-dealkylation sites (N-methyl/N-ethyl adjacent to an activating group) is 1. The Hall–Kier alpha value is -0.820. The summed E-state index contributed by atoms with van der Waals surface area (Å²) in [5, 5.41) is 12.2. The highest BCUT2D eigenvalue weighted by molar-refractivity contribution is 5.78. The molecule has 0 aliphatic heterocycles.